The molecule has 2 heterocycles. The van der Waals surface area contributed by atoms with E-state index in [0.717, 1.165) is 12.1 Å². The number of rotatable bonds is 5. The van der Waals surface area contributed by atoms with Crippen molar-refractivity contribution in [3.05, 3.63) is 47.9 Å². The lowest BCUT2D eigenvalue weighted by Gasteiger charge is -2.20. The Labute approximate surface area is 117 Å². The fraction of sp³-hybridized carbons (Fsp3) is 0.214. The number of anilines is 2. The summed E-state index contributed by atoms with van der Waals surface area (Å²) in [6.07, 6.45) is 4.02. The van der Waals surface area contributed by atoms with E-state index in [9.17, 15) is 4.79 Å². The van der Waals surface area contributed by atoms with E-state index >= 15 is 0 Å². The number of amides is 1. The SMILES string of the molecule is CN(CCc1ccccn1)c1ncc(N)cc1C(N)=O. The number of nitrogens with two attached hydrogens (primary N) is 2. The van der Waals surface area contributed by atoms with Crippen LogP contribution in [-0.2, 0) is 6.42 Å². The van der Waals surface area contributed by atoms with Gasteiger partial charge in [0.25, 0.3) is 5.91 Å². The maximum atomic E-state index is 11.4. The lowest BCUT2D eigenvalue weighted by molar-refractivity contribution is 0.100. The van der Waals surface area contributed by atoms with Crippen LogP contribution in [0.15, 0.2) is 36.7 Å². The van der Waals surface area contributed by atoms with Crippen molar-refractivity contribution in [3.8, 4) is 0 Å². The number of pyridine rings is 2. The second kappa shape index (κ2) is 6.01. The maximum absolute atomic E-state index is 11.4. The van der Waals surface area contributed by atoms with Gasteiger partial charge in [-0.1, -0.05) is 6.07 Å². The highest BCUT2D eigenvalue weighted by Gasteiger charge is 2.14. The summed E-state index contributed by atoms with van der Waals surface area (Å²) in [5.74, 6) is -0.00730. The van der Waals surface area contributed by atoms with Crippen molar-refractivity contribution in [3.63, 3.8) is 0 Å². The minimum atomic E-state index is -0.538. The first-order valence-corrected chi connectivity index (χ1v) is 6.24. The van der Waals surface area contributed by atoms with Gasteiger partial charge < -0.3 is 16.4 Å². The molecule has 0 aliphatic heterocycles. The zero-order valence-electron chi connectivity index (χ0n) is 11.3. The van der Waals surface area contributed by atoms with Crippen molar-refractivity contribution in [2.24, 2.45) is 5.73 Å². The Hall–Kier alpha value is -2.63. The Morgan fingerprint density at radius 1 is 1.35 bits per heavy atom. The monoisotopic (exact) mass is 271 g/mol. The smallest absolute Gasteiger partial charge is 0.252 e. The molecule has 0 bridgehead atoms. The quantitative estimate of drug-likeness (QED) is 0.839. The molecule has 6 nitrogen and oxygen atoms in total. The Balaban J connectivity index is 2.13. The topological polar surface area (TPSA) is 98.1 Å². The molecular weight excluding hydrogens is 254 g/mol. The van der Waals surface area contributed by atoms with Crippen LogP contribution < -0.4 is 16.4 Å². The van der Waals surface area contributed by atoms with Gasteiger partial charge in [0.1, 0.15) is 5.82 Å². The number of primary amides is 1. The van der Waals surface area contributed by atoms with E-state index in [4.69, 9.17) is 11.5 Å². The second-order valence-electron chi connectivity index (χ2n) is 4.50. The summed E-state index contributed by atoms with van der Waals surface area (Å²) in [5.41, 5.74) is 12.7. The van der Waals surface area contributed by atoms with Crippen LogP contribution in [0.2, 0.25) is 0 Å². The molecule has 1 amide bonds. The molecule has 0 unspecified atom stereocenters. The van der Waals surface area contributed by atoms with Crippen molar-refractivity contribution in [2.45, 2.75) is 6.42 Å². The third-order valence-electron chi connectivity index (χ3n) is 2.94. The van der Waals surface area contributed by atoms with Gasteiger partial charge in [0, 0.05) is 31.9 Å². The minimum absolute atomic E-state index is 0.327. The van der Waals surface area contributed by atoms with E-state index < -0.39 is 5.91 Å². The van der Waals surface area contributed by atoms with Gasteiger partial charge in [-0.05, 0) is 18.2 Å². The normalized spacial score (nSPS) is 10.2. The van der Waals surface area contributed by atoms with Gasteiger partial charge >= 0.3 is 0 Å². The number of carbonyl (C=O) groups excluding carboxylic acids is 1. The Morgan fingerprint density at radius 2 is 2.15 bits per heavy atom. The molecule has 2 aromatic rings. The van der Waals surface area contributed by atoms with Crippen LogP contribution in [0.4, 0.5) is 11.5 Å². The summed E-state index contributed by atoms with van der Waals surface area (Å²) in [4.78, 5) is 21.8. The molecule has 0 radical (unpaired) electrons. The molecule has 20 heavy (non-hydrogen) atoms. The molecule has 6 heteroatoms. The third kappa shape index (κ3) is 3.23. The molecule has 0 saturated carbocycles. The van der Waals surface area contributed by atoms with Gasteiger partial charge in [-0.2, -0.15) is 0 Å². The van der Waals surface area contributed by atoms with E-state index in [1.54, 1.807) is 12.3 Å². The van der Waals surface area contributed by atoms with Crippen LogP contribution in [0.25, 0.3) is 0 Å². The van der Waals surface area contributed by atoms with Gasteiger partial charge in [0.2, 0.25) is 0 Å². The number of hydrogen-bond acceptors (Lipinski definition) is 5. The van der Waals surface area contributed by atoms with E-state index in [0.29, 0.717) is 23.6 Å². The van der Waals surface area contributed by atoms with Gasteiger partial charge in [-0.3, -0.25) is 9.78 Å². The number of likely N-dealkylation sites (N-methyl/N-ethyl adjacent to an activating group) is 1. The van der Waals surface area contributed by atoms with Crippen molar-refractivity contribution in [1.82, 2.24) is 9.97 Å². The Morgan fingerprint density at radius 3 is 2.80 bits per heavy atom. The molecule has 0 atom stereocenters. The van der Waals surface area contributed by atoms with Crippen molar-refractivity contribution in [1.29, 1.82) is 0 Å². The standard InChI is InChI=1S/C14H17N5O/c1-19(7-5-11-4-2-3-6-17-11)14-12(13(16)20)8-10(15)9-18-14/h2-4,6,8-9H,5,7,15H2,1H3,(H2,16,20). The van der Waals surface area contributed by atoms with Crippen molar-refractivity contribution >= 4 is 17.4 Å². The third-order valence-corrected chi connectivity index (χ3v) is 2.94. The first kappa shape index (κ1) is 13.8. The summed E-state index contributed by atoms with van der Waals surface area (Å²) < 4.78 is 0. The van der Waals surface area contributed by atoms with Crippen LogP contribution in [-0.4, -0.2) is 29.5 Å². The Bertz CT molecular complexity index is 600. The van der Waals surface area contributed by atoms with Gasteiger partial charge in [0.05, 0.1) is 17.4 Å². The molecule has 0 aromatic carbocycles. The van der Waals surface area contributed by atoms with E-state index in [2.05, 4.69) is 9.97 Å². The molecule has 0 saturated heterocycles. The van der Waals surface area contributed by atoms with Crippen molar-refractivity contribution in [2.75, 3.05) is 24.2 Å². The summed E-state index contributed by atoms with van der Waals surface area (Å²) in [6, 6.07) is 7.32. The molecule has 104 valence electrons. The van der Waals surface area contributed by atoms with Gasteiger partial charge in [0.15, 0.2) is 0 Å². The molecule has 2 rings (SSSR count). The first-order chi connectivity index (χ1) is 9.58. The summed E-state index contributed by atoms with van der Waals surface area (Å²) in [7, 11) is 1.86. The molecule has 0 aliphatic rings. The predicted molar refractivity (Wildman–Crippen MR) is 78.4 cm³/mol. The van der Waals surface area contributed by atoms with Gasteiger partial charge in [-0.25, -0.2) is 4.98 Å². The predicted octanol–water partition coefficient (Wildman–Crippen LogP) is 0.837. The van der Waals surface area contributed by atoms with E-state index in [1.165, 1.54) is 6.20 Å². The van der Waals surface area contributed by atoms with Crippen LogP contribution >= 0.6 is 0 Å². The van der Waals surface area contributed by atoms with Crippen LogP contribution in [0.5, 0.6) is 0 Å². The van der Waals surface area contributed by atoms with Crippen LogP contribution in [0.3, 0.4) is 0 Å². The number of nitrogen functional groups attached to an aromatic ring is 1. The van der Waals surface area contributed by atoms with Crippen LogP contribution in [0.1, 0.15) is 16.1 Å². The lowest BCUT2D eigenvalue weighted by atomic mass is 10.2. The largest absolute Gasteiger partial charge is 0.397 e. The molecule has 4 N–H and O–H groups in total. The number of carbonyl (C=O) groups is 1. The average Bonchev–Trinajstić information content (AvgIpc) is 2.45. The number of aromatic nitrogens is 2. The zero-order chi connectivity index (χ0) is 14.5. The summed E-state index contributed by atoms with van der Waals surface area (Å²) >= 11 is 0. The maximum Gasteiger partial charge on any atom is 0.252 e. The van der Waals surface area contributed by atoms with Gasteiger partial charge in [-0.15, -0.1) is 0 Å². The van der Waals surface area contributed by atoms with Crippen molar-refractivity contribution < 1.29 is 4.79 Å². The average molecular weight is 271 g/mol. The summed E-state index contributed by atoms with van der Waals surface area (Å²) in [6.45, 7) is 0.675. The highest BCUT2D eigenvalue weighted by molar-refractivity contribution is 5.98. The first-order valence-electron chi connectivity index (χ1n) is 6.24. The molecule has 0 fully saturated rings. The Kier molecular flexibility index (Phi) is 4.14. The van der Waals surface area contributed by atoms with E-state index in [1.807, 2.05) is 30.1 Å². The summed E-state index contributed by atoms with van der Waals surface area (Å²) in [5, 5.41) is 0. The molecule has 2 aromatic heterocycles. The lowest BCUT2D eigenvalue weighted by Crippen LogP contribution is -2.26. The second-order valence-corrected chi connectivity index (χ2v) is 4.50. The van der Waals surface area contributed by atoms with E-state index in [-0.39, 0.29) is 0 Å². The number of hydrogen-bond donors (Lipinski definition) is 2. The highest BCUT2D eigenvalue weighted by Crippen LogP contribution is 2.18. The number of nitrogens with zero attached hydrogens (tertiary/aromatic N) is 3. The zero-order valence-corrected chi connectivity index (χ0v) is 11.3. The fourth-order valence-corrected chi connectivity index (χ4v) is 1.89. The molecule has 0 aliphatic carbocycles. The highest BCUT2D eigenvalue weighted by atomic mass is 16.1. The minimum Gasteiger partial charge on any atom is -0.397 e. The fourth-order valence-electron chi connectivity index (χ4n) is 1.89. The van der Waals surface area contributed by atoms with Crippen LogP contribution in [0, 0.1) is 0 Å². The molecule has 0 spiro atoms. The molecular formula is C14H17N5O.